The summed E-state index contributed by atoms with van der Waals surface area (Å²) in [7, 11) is 0. The minimum Gasteiger partial charge on any atom is -0.322 e. The van der Waals surface area contributed by atoms with E-state index in [9.17, 15) is 13.6 Å². The van der Waals surface area contributed by atoms with E-state index in [1.807, 2.05) is 18.3 Å². The van der Waals surface area contributed by atoms with Crippen molar-refractivity contribution >= 4 is 12.2 Å². The summed E-state index contributed by atoms with van der Waals surface area (Å²) in [5.41, 5.74) is 1.73. The topological polar surface area (TPSA) is 48.8 Å². The van der Waals surface area contributed by atoms with Crippen LogP contribution >= 0.6 is 0 Å². The number of rotatable bonds is 2. The van der Waals surface area contributed by atoms with Gasteiger partial charge in [-0.3, -0.25) is 4.98 Å². The Hall–Kier alpha value is -2.83. The van der Waals surface area contributed by atoms with E-state index in [2.05, 4.69) is 16.2 Å². The maximum Gasteiger partial charge on any atom is 0.341 e. The van der Waals surface area contributed by atoms with E-state index in [0.29, 0.717) is 31.0 Å². The summed E-state index contributed by atoms with van der Waals surface area (Å²) in [6.45, 7) is 1.40. The fraction of sp³-hybridized carbons (Fsp3) is 0.381. The standard InChI is InChI=1S/C21H20F2N4O/c22-16-7-14(8-17(23)9-16)19-4-6-25-27(19)20(28)26-12-21(13-26)10-15(11-21)18-3-1-2-5-24-18/h1-3,5-9,15,19H,4,10-13H2/t19-/m0/s1. The largest absolute Gasteiger partial charge is 0.341 e. The van der Waals surface area contributed by atoms with Crippen LogP contribution in [0.3, 0.4) is 0 Å². The number of carbonyl (C=O) groups is 1. The minimum absolute atomic E-state index is 0.182. The van der Waals surface area contributed by atoms with Gasteiger partial charge >= 0.3 is 6.03 Å². The molecule has 1 saturated carbocycles. The smallest absolute Gasteiger partial charge is 0.322 e. The highest BCUT2D eigenvalue weighted by Crippen LogP contribution is 2.56. The van der Waals surface area contributed by atoms with Crippen molar-refractivity contribution in [1.82, 2.24) is 14.9 Å². The van der Waals surface area contributed by atoms with Gasteiger partial charge < -0.3 is 4.90 Å². The molecule has 1 saturated heterocycles. The van der Waals surface area contributed by atoms with Gasteiger partial charge in [0.05, 0.1) is 6.04 Å². The van der Waals surface area contributed by atoms with Crippen LogP contribution in [0.25, 0.3) is 0 Å². The molecule has 1 aromatic carbocycles. The maximum absolute atomic E-state index is 13.6. The first kappa shape index (κ1) is 17.3. The van der Waals surface area contributed by atoms with Crippen LogP contribution in [0.1, 0.15) is 42.5 Å². The Bertz CT molecular complexity index is 914. The summed E-state index contributed by atoms with van der Waals surface area (Å²) in [5, 5.41) is 5.53. The number of hydrazone groups is 1. The van der Waals surface area contributed by atoms with E-state index in [4.69, 9.17) is 0 Å². The lowest BCUT2D eigenvalue weighted by atomic mass is 9.57. The molecule has 1 spiro atoms. The van der Waals surface area contributed by atoms with Crippen molar-refractivity contribution in [2.24, 2.45) is 10.5 Å². The Morgan fingerprint density at radius 1 is 1.11 bits per heavy atom. The van der Waals surface area contributed by atoms with Crippen LogP contribution in [0.5, 0.6) is 0 Å². The minimum atomic E-state index is -0.646. The molecule has 0 unspecified atom stereocenters. The summed E-state index contributed by atoms with van der Waals surface area (Å²) < 4.78 is 27.2. The molecule has 0 N–H and O–H groups in total. The number of pyridine rings is 1. The Labute approximate surface area is 161 Å². The van der Waals surface area contributed by atoms with E-state index in [0.717, 1.165) is 24.6 Å². The summed E-state index contributed by atoms with van der Waals surface area (Å²) in [6.07, 6.45) is 5.97. The second kappa shape index (κ2) is 6.36. The van der Waals surface area contributed by atoms with Crippen LogP contribution in [-0.4, -0.2) is 40.2 Å². The molecule has 2 fully saturated rings. The average molecular weight is 382 g/mol. The van der Waals surface area contributed by atoms with Crippen LogP contribution in [-0.2, 0) is 0 Å². The molecule has 3 aliphatic rings. The predicted octanol–water partition coefficient (Wildman–Crippen LogP) is 4.09. The Balaban J connectivity index is 1.22. The van der Waals surface area contributed by atoms with Crippen molar-refractivity contribution in [1.29, 1.82) is 0 Å². The molecule has 0 radical (unpaired) electrons. The van der Waals surface area contributed by atoms with Gasteiger partial charge in [-0.25, -0.2) is 18.6 Å². The normalized spacial score (nSPS) is 23.0. The molecule has 1 atom stereocenters. The number of nitrogens with zero attached hydrogens (tertiary/aromatic N) is 4. The SMILES string of the molecule is O=C(N1CC2(CC(c3ccccn3)C2)C1)N1N=CC[C@H]1c1cc(F)cc(F)c1. The molecule has 2 amide bonds. The van der Waals surface area contributed by atoms with Gasteiger partial charge in [-0.05, 0) is 42.7 Å². The first-order valence-electron chi connectivity index (χ1n) is 9.51. The van der Waals surface area contributed by atoms with Gasteiger partial charge in [0.15, 0.2) is 0 Å². The van der Waals surface area contributed by atoms with Crippen molar-refractivity contribution in [2.45, 2.75) is 31.2 Å². The van der Waals surface area contributed by atoms with Crippen LogP contribution in [0.2, 0.25) is 0 Å². The number of amides is 2. The van der Waals surface area contributed by atoms with Gasteiger partial charge in [0.1, 0.15) is 11.6 Å². The van der Waals surface area contributed by atoms with Gasteiger partial charge in [0, 0.05) is 55.0 Å². The van der Waals surface area contributed by atoms with Crippen LogP contribution in [0.4, 0.5) is 13.6 Å². The molecule has 3 heterocycles. The highest BCUT2D eigenvalue weighted by Gasteiger charge is 2.55. The van der Waals surface area contributed by atoms with Gasteiger partial charge in [0.25, 0.3) is 0 Å². The molecule has 1 aromatic heterocycles. The second-order valence-corrected chi connectivity index (χ2v) is 8.10. The van der Waals surface area contributed by atoms with Crippen LogP contribution in [0, 0.1) is 17.0 Å². The first-order chi connectivity index (χ1) is 13.5. The number of hydrogen-bond acceptors (Lipinski definition) is 3. The van der Waals surface area contributed by atoms with Crippen LogP contribution < -0.4 is 0 Å². The molecular weight excluding hydrogens is 362 g/mol. The van der Waals surface area contributed by atoms with Gasteiger partial charge in [-0.1, -0.05) is 6.07 Å². The lowest BCUT2D eigenvalue weighted by Gasteiger charge is -2.59. The number of hydrogen-bond donors (Lipinski definition) is 0. The summed E-state index contributed by atoms with van der Waals surface area (Å²) in [5.74, 6) is -0.828. The highest BCUT2D eigenvalue weighted by molar-refractivity contribution is 5.79. The molecule has 28 heavy (non-hydrogen) atoms. The van der Waals surface area contributed by atoms with Crippen molar-refractivity contribution in [2.75, 3.05) is 13.1 Å². The lowest BCUT2D eigenvalue weighted by Crippen LogP contribution is -2.64. The monoisotopic (exact) mass is 382 g/mol. The average Bonchev–Trinajstić information content (AvgIpc) is 3.09. The molecule has 1 aliphatic carbocycles. The lowest BCUT2D eigenvalue weighted by molar-refractivity contribution is -0.0567. The van der Waals surface area contributed by atoms with E-state index in [-0.39, 0.29) is 11.4 Å². The number of carbonyl (C=O) groups excluding carboxylic acids is 1. The molecule has 2 aliphatic heterocycles. The fourth-order valence-electron chi connectivity index (χ4n) is 4.76. The molecule has 7 heteroatoms. The zero-order valence-corrected chi connectivity index (χ0v) is 15.3. The summed E-state index contributed by atoms with van der Waals surface area (Å²) in [4.78, 5) is 19.1. The quantitative estimate of drug-likeness (QED) is 0.785. The predicted molar refractivity (Wildman–Crippen MR) is 99.7 cm³/mol. The van der Waals surface area contributed by atoms with Crippen molar-refractivity contribution in [3.63, 3.8) is 0 Å². The van der Waals surface area contributed by atoms with Gasteiger partial charge in [-0.2, -0.15) is 5.10 Å². The van der Waals surface area contributed by atoms with E-state index < -0.39 is 17.7 Å². The number of halogens is 2. The molecule has 5 rings (SSSR count). The zero-order chi connectivity index (χ0) is 19.3. The second-order valence-electron chi connectivity index (χ2n) is 8.10. The van der Waals surface area contributed by atoms with Gasteiger partial charge in [0.2, 0.25) is 0 Å². The van der Waals surface area contributed by atoms with E-state index in [1.165, 1.54) is 17.1 Å². The number of likely N-dealkylation sites (tertiary alicyclic amines) is 1. The summed E-state index contributed by atoms with van der Waals surface area (Å²) >= 11 is 0. The van der Waals surface area contributed by atoms with Crippen molar-refractivity contribution in [3.8, 4) is 0 Å². The van der Waals surface area contributed by atoms with Gasteiger partial charge in [-0.15, -0.1) is 0 Å². The molecule has 0 bridgehead atoms. The third-order valence-corrected chi connectivity index (χ3v) is 6.08. The van der Waals surface area contributed by atoms with Crippen molar-refractivity contribution in [3.05, 3.63) is 65.5 Å². The van der Waals surface area contributed by atoms with Crippen molar-refractivity contribution < 1.29 is 13.6 Å². The molecule has 2 aromatic rings. The molecule has 144 valence electrons. The molecule has 5 nitrogen and oxygen atoms in total. The van der Waals surface area contributed by atoms with E-state index >= 15 is 0 Å². The first-order valence-corrected chi connectivity index (χ1v) is 9.51. The summed E-state index contributed by atoms with van der Waals surface area (Å²) in [6, 6.07) is 8.68. The highest BCUT2D eigenvalue weighted by atomic mass is 19.1. The Morgan fingerprint density at radius 2 is 1.86 bits per heavy atom. The fourth-order valence-corrected chi connectivity index (χ4v) is 4.76. The third kappa shape index (κ3) is 2.85. The number of urea groups is 1. The number of aromatic nitrogens is 1. The maximum atomic E-state index is 13.6. The molecular formula is C21H20F2N4O. The Kier molecular flexibility index (Phi) is 3.92. The third-order valence-electron chi connectivity index (χ3n) is 6.08. The van der Waals surface area contributed by atoms with E-state index in [1.54, 1.807) is 11.1 Å². The Morgan fingerprint density at radius 3 is 2.54 bits per heavy atom. The number of benzene rings is 1. The zero-order valence-electron chi connectivity index (χ0n) is 15.3. The van der Waals surface area contributed by atoms with Crippen LogP contribution in [0.15, 0.2) is 47.7 Å².